The lowest BCUT2D eigenvalue weighted by Crippen LogP contribution is -2.61. The summed E-state index contributed by atoms with van der Waals surface area (Å²) in [5, 5.41) is 9.61. The molecule has 0 aliphatic carbocycles. The number of hydrogen-bond donors (Lipinski definition) is 1. The molecule has 3 nitrogen and oxygen atoms in total. The molecular weight excluding hydrogens is 202 g/mol. The predicted octanol–water partition coefficient (Wildman–Crippen LogP) is 1.46. The molecule has 1 aliphatic heterocycles. The number of rotatable bonds is 2. The fraction of sp³-hybridized carbons (Fsp3) is 0.462. The lowest BCUT2D eigenvalue weighted by atomic mass is 9.94. The second kappa shape index (κ2) is 3.91. The first-order chi connectivity index (χ1) is 7.53. The third kappa shape index (κ3) is 1.95. The molecule has 86 valence electrons. The number of benzene rings is 1. The zero-order chi connectivity index (χ0) is 11.8. The van der Waals surface area contributed by atoms with Gasteiger partial charge in [0.05, 0.1) is 18.7 Å². The number of aryl methyl sites for hydroxylation is 1. The third-order valence-corrected chi connectivity index (χ3v) is 2.98. The smallest absolute Gasteiger partial charge is 0.254 e. The van der Waals surface area contributed by atoms with Gasteiger partial charge in [-0.05, 0) is 25.0 Å². The van der Waals surface area contributed by atoms with Crippen molar-refractivity contribution < 1.29 is 9.90 Å². The van der Waals surface area contributed by atoms with Gasteiger partial charge in [0, 0.05) is 5.56 Å². The van der Waals surface area contributed by atoms with E-state index in [9.17, 15) is 9.90 Å². The Morgan fingerprint density at radius 3 is 2.62 bits per heavy atom. The molecule has 0 unspecified atom stereocenters. The van der Waals surface area contributed by atoms with E-state index in [0.717, 1.165) is 17.5 Å². The highest BCUT2D eigenvalue weighted by atomic mass is 16.3. The number of likely N-dealkylation sites (tertiary alicyclic amines) is 1. The van der Waals surface area contributed by atoms with Crippen molar-refractivity contribution in [3.8, 4) is 0 Å². The summed E-state index contributed by atoms with van der Waals surface area (Å²) < 4.78 is 0. The third-order valence-electron chi connectivity index (χ3n) is 2.98. The normalized spacial score (nSPS) is 18.1. The number of hydrogen-bond acceptors (Lipinski definition) is 2. The zero-order valence-electron chi connectivity index (χ0n) is 9.73. The van der Waals surface area contributed by atoms with Crippen LogP contribution in [0.5, 0.6) is 0 Å². The SMILES string of the molecule is CCc1ccccc1C(=O)N1CC(C)(O)C1. The van der Waals surface area contributed by atoms with Crippen LogP contribution in [0.25, 0.3) is 0 Å². The second-order valence-corrected chi connectivity index (χ2v) is 4.67. The molecule has 1 fully saturated rings. The van der Waals surface area contributed by atoms with Crippen molar-refractivity contribution >= 4 is 5.91 Å². The number of β-amino-alcohol motifs (C(OH)–C–C–N with tert-alkyl or cyclic N) is 1. The summed E-state index contributed by atoms with van der Waals surface area (Å²) in [6, 6.07) is 7.66. The number of aliphatic hydroxyl groups is 1. The highest BCUT2D eigenvalue weighted by Crippen LogP contribution is 2.23. The molecule has 0 bridgehead atoms. The molecular formula is C13H17NO2. The van der Waals surface area contributed by atoms with Gasteiger partial charge in [-0.25, -0.2) is 0 Å². The largest absolute Gasteiger partial charge is 0.386 e. The van der Waals surface area contributed by atoms with Crippen LogP contribution in [0.1, 0.15) is 29.8 Å². The van der Waals surface area contributed by atoms with E-state index >= 15 is 0 Å². The summed E-state index contributed by atoms with van der Waals surface area (Å²) >= 11 is 0. The Hall–Kier alpha value is -1.35. The quantitative estimate of drug-likeness (QED) is 0.818. The van der Waals surface area contributed by atoms with Crippen LogP contribution < -0.4 is 0 Å². The summed E-state index contributed by atoms with van der Waals surface area (Å²) in [6.45, 7) is 4.66. The Kier molecular flexibility index (Phi) is 2.72. The van der Waals surface area contributed by atoms with Gasteiger partial charge in [-0.1, -0.05) is 25.1 Å². The van der Waals surface area contributed by atoms with E-state index in [4.69, 9.17) is 0 Å². The van der Waals surface area contributed by atoms with Crippen molar-refractivity contribution in [1.29, 1.82) is 0 Å². The lowest BCUT2D eigenvalue weighted by molar-refractivity contribution is -0.0669. The highest BCUT2D eigenvalue weighted by molar-refractivity contribution is 5.96. The number of nitrogens with zero attached hydrogens (tertiary/aromatic N) is 1. The Bertz CT molecular complexity index is 404. The van der Waals surface area contributed by atoms with Crippen LogP contribution in [0.4, 0.5) is 0 Å². The van der Waals surface area contributed by atoms with Crippen LogP contribution >= 0.6 is 0 Å². The van der Waals surface area contributed by atoms with Gasteiger partial charge in [-0.2, -0.15) is 0 Å². The van der Waals surface area contributed by atoms with Crippen LogP contribution in [-0.4, -0.2) is 34.6 Å². The van der Waals surface area contributed by atoms with E-state index < -0.39 is 5.60 Å². The van der Waals surface area contributed by atoms with Crippen molar-refractivity contribution in [1.82, 2.24) is 4.90 Å². The molecule has 1 aromatic rings. The molecule has 1 saturated heterocycles. The van der Waals surface area contributed by atoms with Crippen molar-refractivity contribution in [2.75, 3.05) is 13.1 Å². The molecule has 0 spiro atoms. The summed E-state index contributed by atoms with van der Waals surface area (Å²) in [5.74, 6) is 0.0315. The van der Waals surface area contributed by atoms with E-state index in [1.165, 1.54) is 0 Å². The average Bonchev–Trinajstić information content (AvgIpc) is 2.24. The molecule has 0 atom stereocenters. The minimum atomic E-state index is -0.698. The van der Waals surface area contributed by atoms with Gasteiger partial charge in [-0.15, -0.1) is 0 Å². The van der Waals surface area contributed by atoms with Gasteiger partial charge in [0.15, 0.2) is 0 Å². The fourth-order valence-corrected chi connectivity index (χ4v) is 2.13. The molecule has 0 aromatic heterocycles. The molecule has 1 heterocycles. The van der Waals surface area contributed by atoms with Crippen LogP contribution in [0, 0.1) is 0 Å². The number of carbonyl (C=O) groups is 1. The Morgan fingerprint density at radius 2 is 2.06 bits per heavy atom. The molecule has 1 aliphatic rings. The van der Waals surface area contributed by atoms with Crippen LogP contribution in [0.3, 0.4) is 0 Å². The first-order valence-electron chi connectivity index (χ1n) is 5.63. The fourth-order valence-electron chi connectivity index (χ4n) is 2.13. The summed E-state index contributed by atoms with van der Waals surface area (Å²) in [7, 11) is 0. The Balaban J connectivity index is 2.16. The first-order valence-corrected chi connectivity index (χ1v) is 5.63. The maximum atomic E-state index is 12.1. The average molecular weight is 219 g/mol. The van der Waals surface area contributed by atoms with Crippen molar-refractivity contribution in [3.05, 3.63) is 35.4 Å². The molecule has 1 aromatic carbocycles. The van der Waals surface area contributed by atoms with Crippen LogP contribution in [-0.2, 0) is 6.42 Å². The van der Waals surface area contributed by atoms with Crippen molar-refractivity contribution in [3.63, 3.8) is 0 Å². The second-order valence-electron chi connectivity index (χ2n) is 4.67. The molecule has 3 heteroatoms. The lowest BCUT2D eigenvalue weighted by Gasteiger charge is -2.44. The monoisotopic (exact) mass is 219 g/mol. The maximum absolute atomic E-state index is 12.1. The van der Waals surface area contributed by atoms with Crippen molar-refractivity contribution in [2.24, 2.45) is 0 Å². The molecule has 0 radical (unpaired) electrons. The molecule has 1 N–H and O–H groups in total. The van der Waals surface area contributed by atoms with Gasteiger partial charge in [0.1, 0.15) is 0 Å². The maximum Gasteiger partial charge on any atom is 0.254 e. The Labute approximate surface area is 95.7 Å². The number of amides is 1. The van der Waals surface area contributed by atoms with E-state index in [1.807, 2.05) is 31.2 Å². The van der Waals surface area contributed by atoms with Gasteiger partial charge in [-0.3, -0.25) is 4.79 Å². The van der Waals surface area contributed by atoms with E-state index in [-0.39, 0.29) is 5.91 Å². The van der Waals surface area contributed by atoms with Gasteiger partial charge in [0.2, 0.25) is 0 Å². The van der Waals surface area contributed by atoms with Gasteiger partial charge in [0.25, 0.3) is 5.91 Å². The molecule has 0 saturated carbocycles. The zero-order valence-corrected chi connectivity index (χ0v) is 9.73. The van der Waals surface area contributed by atoms with Gasteiger partial charge < -0.3 is 10.0 Å². The van der Waals surface area contributed by atoms with Crippen LogP contribution in [0.15, 0.2) is 24.3 Å². The first kappa shape index (κ1) is 11.1. The summed E-state index contributed by atoms with van der Waals surface area (Å²) in [4.78, 5) is 13.8. The summed E-state index contributed by atoms with van der Waals surface area (Å²) in [5.41, 5.74) is 1.14. The Morgan fingerprint density at radius 1 is 1.44 bits per heavy atom. The predicted molar refractivity (Wildman–Crippen MR) is 62.3 cm³/mol. The van der Waals surface area contributed by atoms with Crippen LogP contribution in [0.2, 0.25) is 0 Å². The molecule has 2 rings (SSSR count). The number of carbonyl (C=O) groups excluding carboxylic acids is 1. The highest BCUT2D eigenvalue weighted by Gasteiger charge is 2.39. The van der Waals surface area contributed by atoms with Crippen molar-refractivity contribution in [2.45, 2.75) is 25.9 Å². The minimum absolute atomic E-state index is 0.0315. The topological polar surface area (TPSA) is 40.5 Å². The van der Waals surface area contributed by atoms with E-state index in [1.54, 1.807) is 11.8 Å². The molecule has 16 heavy (non-hydrogen) atoms. The van der Waals surface area contributed by atoms with Gasteiger partial charge >= 0.3 is 0 Å². The molecule has 1 amide bonds. The standard InChI is InChI=1S/C13H17NO2/c1-3-10-6-4-5-7-11(10)12(15)14-8-13(2,16)9-14/h4-7,16H,3,8-9H2,1-2H3. The van der Waals surface area contributed by atoms with E-state index in [2.05, 4.69) is 0 Å². The minimum Gasteiger partial charge on any atom is -0.386 e. The summed E-state index contributed by atoms with van der Waals surface area (Å²) in [6.07, 6.45) is 0.853. The van der Waals surface area contributed by atoms with E-state index in [0.29, 0.717) is 13.1 Å².